The molecule has 1 aliphatic carbocycles. The van der Waals surface area contributed by atoms with Gasteiger partial charge in [0.15, 0.2) is 0 Å². The maximum Gasteiger partial charge on any atom is -0.00832 e. The van der Waals surface area contributed by atoms with Crippen molar-refractivity contribution in [1.82, 2.24) is 0 Å². The van der Waals surface area contributed by atoms with Crippen LogP contribution in [0.15, 0.2) is 24.8 Å². The first-order valence-electron chi connectivity index (χ1n) is 4.53. The first-order valence-corrected chi connectivity index (χ1v) is 5.11. The molecule has 2 rings (SSSR count). The zero-order valence-corrected chi connectivity index (χ0v) is 8.74. The Labute approximate surface area is 80.9 Å². The fraction of sp³-hybridized carbons (Fsp3) is 0.167. The molecule has 0 saturated heterocycles. The summed E-state index contributed by atoms with van der Waals surface area (Å²) >= 11 is 0. The van der Waals surface area contributed by atoms with E-state index in [9.17, 15) is 0 Å². The van der Waals surface area contributed by atoms with E-state index >= 15 is 0 Å². The van der Waals surface area contributed by atoms with Crippen LogP contribution in [0.5, 0.6) is 0 Å². The minimum absolute atomic E-state index is 1.16. The van der Waals surface area contributed by atoms with Crippen molar-refractivity contribution in [3.8, 4) is 0 Å². The summed E-state index contributed by atoms with van der Waals surface area (Å²) in [6.07, 6.45) is 6.55. The Hall–Kier alpha value is -0.870. The summed E-state index contributed by atoms with van der Waals surface area (Å²) in [5.41, 5.74) is 1.25. The molecule has 0 N–H and O–H groups in total. The average Bonchev–Trinajstić information content (AvgIpc) is 2.17. The molecular weight excluding hydrogens is 175 g/mol. The Kier molecular flexibility index (Phi) is 2.33. The predicted octanol–water partition coefficient (Wildman–Crippen LogP) is 1.89. The van der Waals surface area contributed by atoms with Crippen LogP contribution in [0.4, 0.5) is 0 Å². The SMILES string of the molecule is C=Cc1cccc2c1=C(P)CCC=2. The van der Waals surface area contributed by atoms with Gasteiger partial charge in [-0.2, -0.15) is 0 Å². The Bertz CT molecular complexity index is 455. The van der Waals surface area contributed by atoms with Crippen LogP contribution in [0, 0.1) is 0 Å². The maximum atomic E-state index is 3.84. The van der Waals surface area contributed by atoms with Crippen LogP contribution in [-0.2, 0) is 0 Å². The van der Waals surface area contributed by atoms with E-state index in [1.54, 1.807) is 0 Å². The van der Waals surface area contributed by atoms with Gasteiger partial charge >= 0.3 is 0 Å². The zero-order valence-electron chi connectivity index (χ0n) is 7.59. The molecule has 0 saturated carbocycles. The first kappa shape index (κ1) is 8.72. The summed E-state index contributed by atoms with van der Waals surface area (Å²) in [5, 5.41) is 4.13. The highest BCUT2D eigenvalue weighted by Crippen LogP contribution is 2.15. The second kappa shape index (κ2) is 3.47. The van der Waals surface area contributed by atoms with Crippen LogP contribution in [0.1, 0.15) is 18.4 Å². The van der Waals surface area contributed by atoms with Gasteiger partial charge in [-0.25, -0.2) is 0 Å². The van der Waals surface area contributed by atoms with Crippen molar-refractivity contribution < 1.29 is 0 Å². The van der Waals surface area contributed by atoms with Gasteiger partial charge in [0, 0.05) is 0 Å². The van der Waals surface area contributed by atoms with Gasteiger partial charge in [0.05, 0.1) is 0 Å². The molecule has 0 amide bonds. The lowest BCUT2D eigenvalue weighted by Gasteiger charge is -2.08. The topological polar surface area (TPSA) is 0 Å². The summed E-state index contributed by atoms with van der Waals surface area (Å²) < 4.78 is 0. The fourth-order valence-corrected chi connectivity index (χ4v) is 2.31. The molecule has 0 fully saturated rings. The van der Waals surface area contributed by atoms with Gasteiger partial charge in [-0.1, -0.05) is 36.9 Å². The Morgan fingerprint density at radius 1 is 1.38 bits per heavy atom. The molecule has 0 heterocycles. The quantitative estimate of drug-likeness (QED) is 0.590. The van der Waals surface area contributed by atoms with E-state index in [-0.39, 0.29) is 0 Å². The lowest BCUT2D eigenvalue weighted by atomic mass is 10.0. The molecular formula is C12H13P. The zero-order chi connectivity index (χ0) is 9.26. The Morgan fingerprint density at radius 3 is 3.00 bits per heavy atom. The Balaban J connectivity index is 2.94. The van der Waals surface area contributed by atoms with E-state index in [2.05, 4.69) is 40.1 Å². The standard InChI is InChI=1S/C12H13P/c1-2-9-5-3-6-10-7-4-8-11(13)12(9)10/h2-3,5-7H,1,4,8,13H2. The molecule has 1 unspecified atom stereocenters. The van der Waals surface area contributed by atoms with Gasteiger partial charge in [0.1, 0.15) is 0 Å². The second-order valence-corrected chi connectivity index (χ2v) is 3.98. The average molecular weight is 188 g/mol. The fourth-order valence-electron chi connectivity index (χ4n) is 1.81. The number of rotatable bonds is 1. The lowest BCUT2D eigenvalue weighted by Crippen LogP contribution is -2.30. The molecule has 1 aliphatic rings. The van der Waals surface area contributed by atoms with Gasteiger partial charge in [-0.15, -0.1) is 9.24 Å². The molecule has 1 aromatic rings. The van der Waals surface area contributed by atoms with Gasteiger partial charge in [0.25, 0.3) is 0 Å². The Morgan fingerprint density at radius 2 is 2.23 bits per heavy atom. The van der Waals surface area contributed by atoms with Crippen LogP contribution in [0.25, 0.3) is 17.5 Å². The molecule has 1 atom stereocenters. The van der Waals surface area contributed by atoms with Gasteiger partial charge in [-0.3, -0.25) is 0 Å². The minimum atomic E-state index is 1.16. The lowest BCUT2D eigenvalue weighted by molar-refractivity contribution is 1.10. The van der Waals surface area contributed by atoms with E-state index in [1.807, 2.05) is 6.08 Å². The van der Waals surface area contributed by atoms with Gasteiger partial charge < -0.3 is 0 Å². The van der Waals surface area contributed by atoms with Crippen molar-refractivity contribution in [1.29, 1.82) is 0 Å². The number of fused-ring (bicyclic) bond motifs is 1. The number of benzene rings is 1. The highest BCUT2D eigenvalue weighted by molar-refractivity contribution is 7.30. The third-order valence-corrected chi connectivity index (χ3v) is 3.03. The summed E-state index contributed by atoms with van der Waals surface area (Å²) in [5.74, 6) is 0. The van der Waals surface area contributed by atoms with E-state index in [1.165, 1.54) is 21.3 Å². The van der Waals surface area contributed by atoms with Crippen LogP contribution in [0.3, 0.4) is 0 Å². The summed E-state index contributed by atoms with van der Waals surface area (Å²) in [7, 11) is 2.85. The third-order valence-electron chi connectivity index (χ3n) is 2.45. The van der Waals surface area contributed by atoms with E-state index in [4.69, 9.17) is 0 Å². The van der Waals surface area contributed by atoms with Crippen molar-refractivity contribution in [3.63, 3.8) is 0 Å². The molecule has 1 heteroatoms. The highest BCUT2D eigenvalue weighted by Gasteiger charge is 2.01. The number of hydrogen-bond acceptors (Lipinski definition) is 0. The van der Waals surface area contributed by atoms with Crippen molar-refractivity contribution in [2.24, 2.45) is 0 Å². The normalized spacial score (nSPS) is 14.7. The van der Waals surface area contributed by atoms with Crippen molar-refractivity contribution in [2.45, 2.75) is 12.8 Å². The smallest absolute Gasteiger partial charge is 0.00832 e. The van der Waals surface area contributed by atoms with E-state index in [0.717, 1.165) is 12.8 Å². The molecule has 0 aliphatic heterocycles. The predicted molar refractivity (Wildman–Crippen MR) is 62.6 cm³/mol. The second-order valence-electron chi connectivity index (χ2n) is 3.28. The van der Waals surface area contributed by atoms with Crippen LogP contribution >= 0.6 is 9.24 Å². The summed E-state index contributed by atoms with van der Waals surface area (Å²) in [6, 6.07) is 6.39. The van der Waals surface area contributed by atoms with E-state index < -0.39 is 0 Å². The van der Waals surface area contributed by atoms with Crippen molar-refractivity contribution in [3.05, 3.63) is 40.8 Å². The number of hydrogen-bond donors (Lipinski definition) is 0. The largest absolute Gasteiger partial charge is 0.109 e. The first-order chi connectivity index (χ1) is 6.33. The summed E-state index contributed by atoms with van der Waals surface area (Å²) in [6.45, 7) is 3.84. The van der Waals surface area contributed by atoms with Crippen LogP contribution in [0.2, 0.25) is 0 Å². The molecule has 66 valence electrons. The third kappa shape index (κ3) is 1.47. The molecule has 1 aromatic carbocycles. The summed E-state index contributed by atoms with van der Waals surface area (Å²) in [4.78, 5) is 0. The highest BCUT2D eigenvalue weighted by atomic mass is 31.0. The van der Waals surface area contributed by atoms with Crippen molar-refractivity contribution in [2.75, 3.05) is 0 Å². The van der Waals surface area contributed by atoms with Crippen molar-refractivity contribution >= 4 is 26.7 Å². The van der Waals surface area contributed by atoms with Gasteiger partial charge in [0.2, 0.25) is 0 Å². The van der Waals surface area contributed by atoms with Crippen LogP contribution < -0.4 is 10.4 Å². The van der Waals surface area contributed by atoms with Crippen LogP contribution in [-0.4, -0.2) is 0 Å². The molecule has 0 nitrogen and oxygen atoms in total. The van der Waals surface area contributed by atoms with E-state index in [0.29, 0.717) is 0 Å². The molecule has 13 heavy (non-hydrogen) atoms. The molecule has 0 bridgehead atoms. The minimum Gasteiger partial charge on any atom is -0.109 e. The molecule has 0 aromatic heterocycles. The molecule has 0 spiro atoms. The monoisotopic (exact) mass is 188 g/mol. The maximum absolute atomic E-state index is 3.84. The molecule has 0 radical (unpaired) electrons. The van der Waals surface area contributed by atoms with Gasteiger partial charge in [-0.05, 0) is 34.2 Å².